The molecule has 6 nitrogen and oxygen atoms in total. The molecule has 0 bridgehead atoms. The minimum atomic E-state index is -0.364. The number of nitrogens with zero attached hydrogens (tertiary/aromatic N) is 3. The molecule has 8 heteroatoms. The van der Waals surface area contributed by atoms with Crippen molar-refractivity contribution in [2.75, 3.05) is 6.54 Å². The van der Waals surface area contributed by atoms with Crippen LogP contribution in [-0.2, 0) is 11.2 Å². The van der Waals surface area contributed by atoms with Crippen LogP contribution in [0.5, 0.6) is 0 Å². The number of nitrogens with one attached hydrogen (secondary N) is 2. The molecule has 2 aromatic carbocycles. The fraction of sp³-hybridized carbons (Fsp3) is 0.200. The molecule has 0 radical (unpaired) electrons. The lowest BCUT2D eigenvalue weighted by molar-refractivity contribution is -0.120. The Labute approximate surface area is 165 Å². The lowest BCUT2D eigenvalue weighted by Gasteiger charge is -2.10. The summed E-state index contributed by atoms with van der Waals surface area (Å²) in [4.78, 5) is 20.0. The standard InChI is InChI=1S/C20H18FN5OS/c1-12(19(27)22-11-10-13-6-8-14(21)9-7-13)28-20-24-18-17(25-26-20)15-4-2-3-5-16(15)23-18/h2-9,12H,10-11H2,1H3,(H,22,27)(H,23,24,26)/t12-/m0/s1. The summed E-state index contributed by atoms with van der Waals surface area (Å²) in [6, 6.07) is 14.1. The molecule has 1 atom stereocenters. The minimum absolute atomic E-state index is 0.104. The monoisotopic (exact) mass is 395 g/mol. The fourth-order valence-electron chi connectivity index (χ4n) is 2.89. The molecule has 0 aliphatic carbocycles. The SMILES string of the molecule is C[C@H](Sc1nnc2c(n1)[nH]c1ccccc12)C(=O)NCCc1ccc(F)cc1. The average molecular weight is 395 g/mol. The van der Waals surface area contributed by atoms with Crippen LogP contribution < -0.4 is 5.32 Å². The van der Waals surface area contributed by atoms with Gasteiger partial charge in [0.05, 0.1) is 5.25 Å². The van der Waals surface area contributed by atoms with E-state index in [1.165, 1.54) is 23.9 Å². The average Bonchev–Trinajstić information content (AvgIpc) is 3.07. The van der Waals surface area contributed by atoms with Crippen LogP contribution in [-0.4, -0.2) is 37.9 Å². The van der Waals surface area contributed by atoms with Crippen molar-refractivity contribution in [3.8, 4) is 0 Å². The van der Waals surface area contributed by atoms with Gasteiger partial charge in [-0.25, -0.2) is 9.37 Å². The third-order valence-electron chi connectivity index (χ3n) is 4.38. The fourth-order valence-corrected chi connectivity index (χ4v) is 3.63. The first-order valence-electron chi connectivity index (χ1n) is 8.90. The van der Waals surface area contributed by atoms with Gasteiger partial charge in [0.25, 0.3) is 0 Å². The molecule has 2 N–H and O–H groups in total. The summed E-state index contributed by atoms with van der Waals surface area (Å²) in [7, 11) is 0. The molecular formula is C20H18FN5OS. The molecule has 4 rings (SSSR count). The summed E-state index contributed by atoms with van der Waals surface area (Å²) in [6.07, 6.45) is 0.641. The topological polar surface area (TPSA) is 83.6 Å². The molecule has 0 saturated carbocycles. The number of hydrogen-bond donors (Lipinski definition) is 2. The smallest absolute Gasteiger partial charge is 0.233 e. The van der Waals surface area contributed by atoms with E-state index in [4.69, 9.17) is 0 Å². The molecule has 2 aromatic heterocycles. The van der Waals surface area contributed by atoms with E-state index in [1.54, 1.807) is 19.1 Å². The predicted octanol–water partition coefficient (Wildman–Crippen LogP) is 3.48. The molecule has 2 heterocycles. The van der Waals surface area contributed by atoms with Gasteiger partial charge in [0.2, 0.25) is 11.1 Å². The van der Waals surface area contributed by atoms with Crippen LogP contribution in [0.25, 0.3) is 22.1 Å². The number of H-pyrrole nitrogens is 1. The van der Waals surface area contributed by atoms with Crippen LogP contribution in [0.3, 0.4) is 0 Å². The third kappa shape index (κ3) is 3.96. The Morgan fingerprint density at radius 2 is 1.96 bits per heavy atom. The highest BCUT2D eigenvalue weighted by Crippen LogP contribution is 2.24. The Bertz CT molecular complexity index is 1130. The number of fused-ring (bicyclic) bond motifs is 3. The van der Waals surface area contributed by atoms with Gasteiger partial charge in [-0.05, 0) is 37.1 Å². The number of halogens is 1. The first-order chi connectivity index (χ1) is 13.6. The largest absolute Gasteiger partial charge is 0.355 e. The van der Waals surface area contributed by atoms with Gasteiger partial charge < -0.3 is 10.3 Å². The highest BCUT2D eigenvalue weighted by Gasteiger charge is 2.17. The zero-order valence-electron chi connectivity index (χ0n) is 15.1. The Morgan fingerprint density at radius 3 is 2.79 bits per heavy atom. The second-order valence-corrected chi connectivity index (χ2v) is 7.70. The summed E-state index contributed by atoms with van der Waals surface area (Å²) in [5.41, 5.74) is 3.30. The predicted molar refractivity (Wildman–Crippen MR) is 108 cm³/mol. The lowest BCUT2D eigenvalue weighted by Crippen LogP contribution is -2.32. The van der Waals surface area contributed by atoms with E-state index >= 15 is 0 Å². The van der Waals surface area contributed by atoms with Crippen LogP contribution in [0, 0.1) is 5.82 Å². The van der Waals surface area contributed by atoms with Crippen molar-refractivity contribution in [2.24, 2.45) is 0 Å². The molecule has 0 aliphatic heterocycles. The number of aromatic nitrogens is 4. The van der Waals surface area contributed by atoms with E-state index in [1.807, 2.05) is 24.3 Å². The molecule has 1 amide bonds. The normalized spacial score (nSPS) is 12.4. The van der Waals surface area contributed by atoms with Crippen molar-refractivity contribution >= 4 is 39.7 Å². The third-order valence-corrected chi connectivity index (χ3v) is 5.33. The molecular weight excluding hydrogens is 377 g/mol. The van der Waals surface area contributed by atoms with Crippen LogP contribution in [0.15, 0.2) is 53.7 Å². The van der Waals surface area contributed by atoms with E-state index < -0.39 is 0 Å². The Hall–Kier alpha value is -3.00. The van der Waals surface area contributed by atoms with Crippen molar-refractivity contribution in [3.05, 3.63) is 59.9 Å². The van der Waals surface area contributed by atoms with Crippen molar-refractivity contribution in [2.45, 2.75) is 23.8 Å². The number of carbonyl (C=O) groups excluding carboxylic acids is 1. The van der Waals surface area contributed by atoms with Crippen LogP contribution in [0.1, 0.15) is 12.5 Å². The van der Waals surface area contributed by atoms with Gasteiger partial charge in [-0.1, -0.05) is 42.1 Å². The van der Waals surface area contributed by atoms with Crippen LogP contribution in [0.2, 0.25) is 0 Å². The highest BCUT2D eigenvalue weighted by molar-refractivity contribution is 8.00. The zero-order valence-corrected chi connectivity index (χ0v) is 16.0. The first kappa shape index (κ1) is 18.4. The van der Waals surface area contributed by atoms with E-state index in [0.29, 0.717) is 23.8 Å². The van der Waals surface area contributed by atoms with E-state index in [9.17, 15) is 9.18 Å². The van der Waals surface area contributed by atoms with E-state index in [-0.39, 0.29) is 17.0 Å². The van der Waals surface area contributed by atoms with Gasteiger partial charge in [-0.2, -0.15) is 0 Å². The molecule has 142 valence electrons. The number of rotatable bonds is 6. The van der Waals surface area contributed by atoms with Gasteiger partial charge in [-0.15, -0.1) is 10.2 Å². The molecule has 0 saturated heterocycles. The van der Waals surface area contributed by atoms with Crippen LogP contribution >= 0.6 is 11.8 Å². The first-order valence-corrected chi connectivity index (χ1v) is 9.78. The number of benzene rings is 2. The Balaban J connectivity index is 1.37. The number of hydrogen-bond acceptors (Lipinski definition) is 5. The number of amides is 1. The summed E-state index contributed by atoms with van der Waals surface area (Å²) in [5, 5.41) is 12.4. The highest BCUT2D eigenvalue weighted by atomic mass is 32.2. The second-order valence-electron chi connectivity index (χ2n) is 6.39. The van der Waals surface area contributed by atoms with Crippen molar-refractivity contribution in [1.82, 2.24) is 25.5 Å². The van der Waals surface area contributed by atoms with Gasteiger partial charge in [-0.3, -0.25) is 4.79 Å². The molecule has 28 heavy (non-hydrogen) atoms. The zero-order chi connectivity index (χ0) is 19.5. The Kier molecular flexibility index (Phi) is 5.21. The van der Waals surface area contributed by atoms with Crippen LogP contribution in [0.4, 0.5) is 4.39 Å². The minimum Gasteiger partial charge on any atom is -0.355 e. The number of para-hydroxylation sites is 1. The van der Waals surface area contributed by atoms with Gasteiger partial charge in [0.1, 0.15) is 11.3 Å². The van der Waals surface area contributed by atoms with Crippen molar-refractivity contribution in [1.29, 1.82) is 0 Å². The number of carbonyl (C=O) groups is 1. The van der Waals surface area contributed by atoms with E-state index in [0.717, 1.165) is 22.0 Å². The molecule has 0 unspecified atom stereocenters. The Morgan fingerprint density at radius 1 is 1.18 bits per heavy atom. The van der Waals surface area contributed by atoms with E-state index in [2.05, 4.69) is 25.5 Å². The van der Waals surface area contributed by atoms with Crippen molar-refractivity contribution in [3.63, 3.8) is 0 Å². The molecule has 4 aromatic rings. The summed E-state index contributed by atoms with van der Waals surface area (Å²) in [5.74, 6) is -0.370. The van der Waals surface area contributed by atoms with Gasteiger partial charge in [0, 0.05) is 17.4 Å². The van der Waals surface area contributed by atoms with Gasteiger partial charge in [0.15, 0.2) is 5.65 Å². The number of thioether (sulfide) groups is 1. The molecule has 0 fully saturated rings. The van der Waals surface area contributed by atoms with Crippen molar-refractivity contribution < 1.29 is 9.18 Å². The quantitative estimate of drug-likeness (QED) is 0.488. The summed E-state index contributed by atoms with van der Waals surface area (Å²) in [6.45, 7) is 2.28. The maximum atomic E-state index is 12.9. The van der Waals surface area contributed by atoms with Gasteiger partial charge >= 0.3 is 0 Å². The second kappa shape index (κ2) is 7.93. The number of aromatic amines is 1. The molecule has 0 aliphatic rings. The molecule has 0 spiro atoms. The summed E-state index contributed by atoms with van der Waals surface area (Å²) >= 11 is 1.26. The maximum absolute atomic E-state index is 12.9. The summed E-state index contributed by atoms with van der Waals surface area (Å²) < 4.78 is 12.9. The maximum Gasteiger partial charge on any atom is 0.233 e. The lowest BCUT2D eigenvalue weighted by atomic mass is 10.1.